The molecule has 0 bridgehead atoms. The molecule has 0 atom stereocenters. The van der Waals surface area contributed by atoms with Gasteiger partial charge in [-0.2, -0.15) is 0 Å². The first-order valence-corrected chi connectivity index (χ1v) is 5.21. The number of methoxy groups -OCH3 is 1. The summed E-state index contributed by atoms with van der Waals surface area (Å²) in [5, 5.41) is 3.49. The van der Waals surface area contributed by atoms with E-state index in [-0.39, 0.29) is 28.5 Å². The Hall–Kier alpha value is -2.11. The van der Waals surface area contributed by atoms with Crippen LogP contribution in [0.5, 0.6) is 5.75 Å². The van der Waals surface area contributed by atoms with Crippen LogP contribution in [0.1, 0.15) is 12.5 Å². The van der Waals surface area contributed by atoms with E-state index < -0.39 is 5.92 Å². The van der Waals surface area contributed by atoms with Gasteiger partial charge in [0, 0.05) is 18.6 Å². The van der Waals surface area contributed by atoms with Crippen LogP contribution in [0.4, 0.5) is 14.6 Å². The van der Waals surface area contributed by atoms with Gasteiger partial charge >= 0.3 is 0 Å². The topological polar surface area (TPSA) is 61.3 Å². The van der Waals surface area contributed by atoms with E-state index in [0.29, 0.717) is 0 Å². The maximum atomic E-state index is 13.6. The molecule has 0 radical (unpaired) electrons. The summed E-state index contributed by atoms with van der Waals surface area (Å²) in [6.07, 6.45) is 0. The van der Waals surface area contributed by atoms with Crippen molar-refractivity contribution in [2.75, 3.05) is 12.8 Å². The Morgan fingerprint density at radius 3 is 2.61 bits per heavy atom. The number of nitrogens with zero attached hydrogens (tertiary/aromatic N) is 1. The lowest BCUT2D eigenvalue weighted by atomic mass is 9.99. The maximum absolute atomic E-state index is 13.6. The molecule has 96 valence electrons. The van der Waals surface area contributed by atoms with Crippen LogP contribution in [0.25, 0.3) is 11.3 Å². The van der Waals surface area contributed by atoms with E-state index >= 15 is 0 Å². The molecule has 0 saturated heterocycles. The molecule has 2 N–H and O–H groups in total. The van der Waals surface area contributed by atoms with E-state index in [2.05, 4.69) is 5.16 Å². The maximum Gasteiger partial charge on any atom is 0.271 e. The molecule has 6 heteroatoms. The lowest BCUT2D eigenvalue weighted by molar-refractivity contribution is 0.0177. The summed E-state index contributed by atoms with van der Waals surface area (Å²) in [6, 6.07) is 5.77. The number of aromatic nitrogens is 1. The third-order valence-electron chi connectivity index (χ3n) is 2.49. The van der Waals surface area contributed by atoms with Crippen LogP contribution in [0.3, 0.4) is 0 Å². The summed E-state index contributed by atoms with van der Waals surface area (Å²) >= 11 is 0. The molecule has 0 unspecified atom stereocenters. The number of ether oxygens (including phenoxy) is 1. The Morgan fingerprint density at radius 2 is 2.11 bits per heavy atom. The van der Waals surface area contributed by atoms with Crippen LogP contribution >= 0.6 is 0 Å². The predicted molar refractivity (Wildman–Crippen MR) is 62.5 cm³/mol. The first-order valence-electron chi connectivity index (χ1n) is 5.21. The summed E-state index contributed by atoms with van der Waals surface area (Å²) in [4.78, 5) is 0. The highest BCUT2D eigenvalue weighted by Gasteiger charge is 2.31. The molecule has 1 heterocycles. The number of rotatable bonds is 3. The second-order valence-electron chi connectivity index (χ2n) is 3.89. The number of benzene rings is 1. The zero-order valence-corrected chi connectivity index (χ0v) is 9.91. The number of nitrogen functional groups attached to an aromatic ring is 1. The summed E-state index contributed by atoms with van der Waals surface area (Å²) in [6.45, 7) is 0.811. The average molecular weight is 254 g/mol. The molecule has 4 nitrogen and oxygen atoms in total. The van der Waals surface area contributed by atoms with E-state index in [0.717, 1.165) is 6.92 Å². The minimum Gasteiger partial charge on any atom is -0.496 e. The van der Waals surface area contributed by atoms with Crippen molar-refractivity contribution < 1.29 is 18.0 Å². The SMILES string of the molecule is COc1cccc(C(C)(F)F)c1-c1cc(N)no1. The fraction of sp³-hybridized carbons (Fsp3) is 0.250. The van der Waals surface area contributed by atoms with Crippen molar-refractivity contribution in [2.45, 2.75) is 12.8 Å². The number of halogens is 2. The highest BCUT2D eigenvalue weighted by atomic mass is 19.3. The number of nitrogens with two attached hydrogens (primary N) is 1. The van der Waals surface area contributed by atoms with Crippen molar-refractivity contribution in [1.29, 1.82) is 0 Å². The molecule has 0 aliphatic carbocycles. The molecule has 0 amide bonds. The third kappa shape index (κ3) is 2.13. The normalized spacial score (nSPS) is 11.6. The lowest BCUT2D eigenvalue weighted by Gasteiger charge is -2.16. The number of anilines is 1. The third-order valence-corrected chi connectivity index (χ3v) is 2.49. The van der Waals surface area contributed by atoms with Gasteiger partial charge in [0.25, 0.3) is 5.92 Å². The minimum atomic E-state index is -3.02. The van der Waals surface area contributed by atoms with Gasteiger partial charge in [0.2, 0.25) is 0 Å². The van der Waals surface area contributed by atoms with Gasteiger partial charge in [0.1, 0.15) is 5.75 Å². The fourth-order valence-corrected chi connectivity index (χ4v) is 1.73. The second-order valence-corrected chi connectivity index (χ2v) is 3.89. The molecule has 2 aromatic rings. The Kier molecular flexibility index (Phi) is 2.94. The predicted octanol–water partition coefficient (Wildman–Crippen LogP) is 3.04. The van der Waals surface area contributed by atoms with Gasteiger partial charge in [-0.15, -0.1) is 0 Å². The number of hydrogen-bond donors (Lipinski definition) is 1. The highest BCUT2D eigenvalue weighted by Crippen LogP contribution is 2.41. The summed E-state index contributed by atoms with van der Waals surface area (Å²) in [5.74, 6) is -2.46. The Balaban J connectivity index is 2.69. The van der Waals surface area contributed by atoms with E-state index in [9.17, 15) is 8.78 Å². The molecule has 18 heavy (non-hydrogen) atoms. The standard InChI is InChI=1S/C12H12F2N2O2/c1-12(13,14)7-4-3-5-8(17-2)11(7)9-6-10(15)16-18-9/h3-6H,1-2H3,(H2,15,16). The average Bonchev–Trinajstić information content (AvgIpc) is 2.73. The van der Waals surface area contributed by atoms with Gasteiger partial charge in [-0.3, -0.25) is 0 Å². The van der Waals surface area contributed by atoms with Crippen LogP contribution in [0.15, 0.2) is 28.8 Å². The summed E-state index contributed by atoms with van der Waals surface area (Å²) < 4.78 is 37.2. The fourth-order valence-electron chi connectivity index (χ4n) is 1.73. The smallest absolute Gasteiger partial charge is 0.271 e. The van der Waals surface area contributed by atoms with E-state index in [1.165, 1.54) is 25.3 Å². The van der Waals surface area contributed by atoms with Crippen molar-refractivity contribution in [1.82, 2.24) is 5.16 Å². The first-order chi connectivity index (χ1) is 8.43. The second kappa shape index (κ2) is 4.29. The Bertz CT molecular complexity index is 561. The molecule has 0 saturated carbocycles. The molecular formula is C12H12F2N2O2. The first kappa shape index (κ1) is 12.3. The zero-order chi connectivity index (χ0) is 13.3. The van der Waals surface area contributed by atoms with Gasteiger partial charge in [-0.05, 0) is 6.07 Å². The monoisotopic (exact) mass is 254 g/mol. The van der Waals surface area contributed by atoms with Crippen LogP contribution in [-0.2, 0) is 5.92 Å². The van der Waals surface area contributed by atoms with Crippen LogP contribution < -0.4 is 10.5 Å². The molecule has 0 aliphatic heterocycles. The van der Waals surface area contributed by atoms with Crippen molar-refractivity contribution in [3.8, 4) is 17.1 Å². The molecule has 1 aromatic heterocycles. The summed E-state index contributed by atoms with van der Waals surface area (Å²) in [7, 11) is 1.40. The van der Waals surface area contributed by atoms with Gasteiger partial charge in [0.15, 0.2) is 11.6 Å². The Labute approximate surface area is 102 Å². The lowest BCUT2D eigenvalue weighted by Crippen LogP contribution is -2.09. The molecule has 1 aromatic carbocycles. The van der Waals surface area contributed by atoms with Gasteiger partial charge in [-0.1, -0.05) is 17.3 Å². The van der Waals surface area contributed by atoms with Gasteiger partial charge in [0.05, 0.1) is 12.7 Å². The van der Waals surface area contributed by atoms with Crippen LogP contribution in [0.2, 0.25) is 0 Å². The van der Waals surface area contributed by atoms with Crippen molar-refractivity contribution in [3.63, 3.8) is 0 Å². The molecule has 0 aliphatic rings. The zero-order valence-electron chi connectivity index (χ0n) is 9.91. The van der Waals surface area contributed by atoms with E-state index in [1.807, 2.05) is 0 Å². The minimum absolute atomic E-state index is 0.126. The number of alkyl halides is 2. The van der Waals surface area contributed by atoms with E-state index in [4.69, 9.17) is 15.0 Å². The number of hydrogen-bond acceptors (Lipinski definition) is 4. The molecule has 0 fully saturated rings. The van der Waals surface area contributed by atoms with E-state index in [1.54, 1.807) is 6.07 Å². The molecular weight excluding hydrogens is 242 g/mol. The highest BCUT2D eigenvalue weighted by molar-refractivity contribution is 5.72. The van der Waals surface area contributed by atoms with Crippen molar-refractivity contribution >= 4 is 5.82 Å². The van der Waals surface area contributed by atoms with Gasteiger partial charge < -0.3 is 15.0 Å². The van der Waals surface area contributed by atoms with Crippen molar-refractivity contribution in [2.24, 2.45) is 0 Å². The Morgan fingerprint density at radius 1 is 1.39 bits per heavy atom. The molecule has 2 rings (SSSR count). The van der Waals surface area contributed by atoms with Crippen LogP contribution in [0, 0.1) is 0 Å². The van der Waals surface area contributed by atoms with Crippen molar-refractivity contribution in [3.05, 3.63) is 29.8 Å². The summed E-state index contributed by atoms with van der Waals surface area (Å²) in [5.41, 5.74) is 5.40. The largest absolute Gasteiger partial charge is 0.496 e. The van der Waals surface area contributed by atoms with Crippen LogP contribution in [-0.4, -0.2) is 12.3 Å². The quantitative estimate of drug-likeness (QED) is 0.914. The van der Waals surface area contributed by atoms with Gasteiger partial charge in [-0.25, -0.2) is 8.78 Å². The molecule has 0 spiro atoms.